The summed E-state index contributed by atoms with van der Waals surface area (Å²) < 4.78 is 11.2. The monoisotopic (exact) mass is 331 g/mol. The van der Waals surface area contributed by atoms with E-state index in [4.69, 9.17) is 9.47 Å². The number of ether oxygens (including phenoxy) is 2. The molecule has 1 aromatic carbocycles. The number of thiophene rings is 1. The number of morpholine rings is 1. The summed E-state index contributed by atoms with van der Waals surface area (Å²) in [6, 6.07) is 7.65. The Morgan fingerprint density at radius 2 is 2.09 bits per heavy atom. The predicted molar refractivity (Wildman–Crippen MR) is 91.5 cm³/mol. The molecule has 1 aliphatic heterocycles. The minimum atomic E-state index is 0.0464. The number of hydrogen-bond acceptors (Lipinski definition) is 5. The van der Waals surface area contributed by atoms with Crippen LogP contribution in [0.25, 0.3) is 0 Å². The molecule has 1 saturated heterocycles. The maximum Gasteiger partial charge on any atom is 0.193 e. The predicted octanol–water partition coefficient (Wildman–Crippen LogP) is 3.21. The van der Waals surface area contributed by atoms with Crippen molar-refractivity contribution >= 4 is 17.1 Å². The van der Waals surface area contributed by atoms with Crippen molar-refractivity contribution in [3.63, 3.8) is 0 Å². The molecule has 0 radical (unpaired) electrons. The van der Waals surface area contributed by atoms with Crippen LogP contribution in [-0.4, -0.2) is 43.6 Å². The molecule has 3 rings (SSSR count). The van der Waals surface area contributed by atoms with Crippen LogP contribution in [0, 0.1) is 0 Å². The van der Waals surface area contributed by atoms with Crippen LogP contribution in [0.15, 0.2) is 35.0 Å². The van der Waals surface area contributed by atoms with Crippen LogP contribution in [0.4, 0.5) is 0 Å². The zero-order valence-corrected chi connectivity index (χ0v) is 14.1. The average Bonchev–Trinajstić information content (AvgIpc) is 3.11. The Morgan fingerprint density at radius 3 is 2.78 bits per heavy atom. The Hall–Kier alpha value is -1.69. The van der Waals surface area contributed by atoms with Gasteiger partial charge >= 0.3 is 0 Å². The Bertz CT molecular complexity index is 648. The summed E-state index contributed by atoms with van der Waals surface area (Å²) in [5, 5.41) is 3.80. The maximum atomic E-state index is 12.5. The lowest BCUT2D eigenvalue weighted by atomic mass is 10.0. The second-order valence-electron chi connectivity index (χ2n) is 5.49. The standard InChI is InChI=1S/C18H21NO3S/c1-2-22-17-11-14(18(20)16-5-10-23-13-16)3-4-15(17)12-19-6-8-21-9-7-19/h3-5,10-11,13H,2,6-9,12H2,1H3. The lowest BCUT2D eigenvalue weighted by Gasteiger charge is -2.27. The van der Waals surface area contributed by atoms with Crippen LogP contribution < -0.4 is 4.74 Å². The lowest BCUT2D eigenvalue weighted by molar-refractivity contribution is 0.0338. The number of benzene rings is 1. The van der Waals surface area contributed by atoms with Crippen molar-refractivity contribution in [3.8, 4) is 5.75 Å². The van der Waals surface area contributed by atoms with Gasteiger partial charge in [-0.3, -0.25) is 9.69 Å². The van der Waals surface area contributed by atoms with Gasteiger partial charge in [-0.15, -0.1) is 0 Å². The molecule has 0 unspecified atom stereocenters. The van der Waals surface area contributed by atoms with Crippen molar-refractivity contribution in [2.24, 2.45) is 0 Å². The van der Waals surface area contributed by atoms with Gasteiger partial charge in [-0.1, -0.05) is 12.1 Å². The zero-order chi connectivity index (χ0) is 16.1. The van der Waals surface area contributed by atoms with Crippen LogP contribution in [-0.2, 0) is 11.3 Å². The highest BCUT2D eigenvalue weighted by molar-refractivity contribution is 7.08. The molecule has 23 heavy (non-hydrogen) atoms. The molecule has 0 spiro atoms. The maximum absolute atomic E-state index is 12.5. The van der Waals surface area contributed by atoms with E-state index in [9.17, 15) is 4.79 Å². The highest BCUT2D eigenvalue weighted by Gasteiger charge is 2.16. The highest BCUT2D eigenvalue weighted by atomic mass is 32.1. The van der Waals surface area contributed by atoms with Crippen LogP contribution >= 0.6 is 11.3 Å². The van der Waals surface area contributed by atoms with E-state index in [-0.39, 0.29) is 5.78 Å². The van der Waals surface area contributed by atoms with Crippen molar-refractivity contribution in [3.05, 3.63) is 51.7 Å². The Kier molecular flexibility index (Phi) is 5.43. The van der Waals surface area contributed by atoms with E-state index < -0.39 is 0 Å². The van der Waals surface area contributed by atoms with E-state index in [1.54, 1.807) is 0 Å². The first-order valence-electron chi connectivity index (χ1n) is 7.90. The van der Waals surface area contributed by atoms with Crippen molar-refractivity contribution in [2.45, 2.75) is 13.5 Å². The van der Waals surface area contributed by atoms with Crippen molar-refractivity contribution in [1.29, 1.82) is 0 Å². The third-order valence-corrected chi connectivity index (χ3v) is 4.59. The van der Waals surface area contributed by atoms with Gasteiger partial charge in [-0.05, 0) is 24.4 Å². The molecule has 2 aromatic rings. The molecule has 0 saturated carbocycles. The van der Waals surface area contributed by atoms with Gasteiger partial charge < -0.3 is 9.47 Å². The Labute approximate surface area is 140 Å². The van der Waals surface area contributed by atoms with E-state index in [1.165, 1.54) is 11.3 Å². The molecule has 0 atom stereocenters. The first-order valence-corrected chi connectivity index (χ1v) is 8.85. The fourth-order valence-electron chi connectivity index (χ4n) is 2.68. The fraction of sp³-hybridized carbons (Fsp3) is 0.389. The molecular formula is C18H21NO3S. The minimum Gasteiger partial charge on any atom is -0.494 e. The third-order valence-electron chi connectivity index (χ3n) is 3.91. The Morgan fingerprint density at radius 1 is 1.26 bits per heavy atom. The molecule has 0 amide bonds. The molecule has 1 aliphatic rings. The van der Waals surface area contributed by atoms with E-state index in [0.29, 0.717) is 12.2 Å². The summed E-state index contributed by atoms with van der Waals surface area (Å²) in [4.78, 5) is 14.8. The number of nitrogens with zero attached hydrogens (tertiary/aromatic N) is 1. The number of carbonyl (C=O) groups is 1. The van der Waals surface area contributed by atoms with Gasteiger partial charge in [-0.25, -0.2) is 0 Å². The summed E-state index contributed by atoms with van der Waals surface area (Å²) in [6.45, 7) is 6.80. The van der Waals surface area contributed by atoms with E-state index >= 15 is 0 Å². The molecule has 0 N–H and O–H groups in total. The summed E-state index contributed by atoms with van der Waals surface area (Å²) in [6.07, 6.45) is 0. The SMILES string of the molecule is CCOc1cc(C(=O)c2ccsc2)ccc1CN1CCOCC1. The smallest absolute Gasteiger partial charge is 0.193 e. The Balaban J connectivity index is 1.81. The third kappa shape index (κ3) is 3.99. The van der Waals surface area contributed by atoms with Gasteiger partial charge in [0.2, 0.25) is 0 Å². The van der Waals surface area contributed by atoms with E-state index in [0.717, 1.165) is 49.7 Å². The second kappa shape index (κ2) is 7.73. The second-order valence-corrected chi connectivity index (χ2v) is 6.27. The molecule has 122 valence electrons. The summed E-state index contributed by atoms with van der Waals surface area (Å²) in [5.41, 5.74) is 2.53. The molecule has 1 fully saturated rings. The molecule has 1 aromatic heterocycles. The van der Waals surface area contributed by atoms with Crippen molar-refractivity contribution in [2.75, 3.05) is 32.9 Å². The molecule has 2 heterocycles. The van der Waals surface area contributed by atoms with Crippen molar-refractivity contribution < 1.29 is 14.3 Å². The molecule has 0 aliphatic carbocycles. The van der Waals surface area contributed by atoms with Gasteiger partial charge in [0, 0.05) is 41.7 Å². The van der Waals surface area contributed by atoms with Crippen molar-refractivity contribution in [1.82, 2.24) is 4.90 Å². The van der Waals surface area contributed by atoms with E-state index in [2.05, 4.69) is 4.90 Å². The number of hydrogen-bond donors (Lipinski definition) is 0. The van der Waals surface area contributed by atoms with Gasteiger partial charge in [0.05, 0.1) is 19.8 Å². The van der Waals surface area contributed by atoms with Gasteiger partial charge in [0.15, 0.2) is 5.78 Å². The fourth-order valence-corrected chi connectivity index (χ4v) is 3.31. The van der Waals surface area contributed by atoms with Crippen LogP contribution in [0.2, 0.25) is 0 Å². The number of carbonyl (C=O) groups excluding carboxylic acids is 1. The van der Waals surface area contributed by atoms with Crippen LogP contribution in [0.3, 0.4) is 0 Å². The first kappa shape index (κ1) is 16.2. The summed E-state index contributed by atoms with van der Waals surface area (Å²) >= 11 is 1.53. The van der Waals surface area contributed by atoms with Crippen LogP contribution in [0.5, 0.6) is 5.75 Å². The number of rotatable bonds is 6. The molecule has 4 nitrogen and oxygen atoms in total. The summed E-state index contributed by atoms with van der Waals surface area (Å²) in [5.74, 6) is 0.852. The highest BCUT2D eigenvalue weighted by Crippen LogP contribution is 2.24. The van der Waals surface area contributed by atoms with Gasteiger partial charge in [0.25, 0.3) is 0 Å². The number of ketones is 1. The first-order chi connectivity index (χ1) is 11.3. The normalized spacial score (nSPS) is 15.5. The largest absolute Gasteiger partial charge is 0.494 e. The van der Waals surface area contributed by atoms with E-state index in [1.807, 2.05) is 41.9 Å². The average molecular weight is 331 g/mol. The molecule has 0 bridgehead atoms. The molecular weight excluding hydrogens is 310 g/mol. The summed E-state index contributed by atoms with van der Waals surface area (Å²) in [7, 11) is 0. The minimum absolute atomic E-state index is 0.0464. The lowest BCUT2D eigenvalue weighted by Crippen LogP contribution is -2.35. The van der Waals surface area contributed by atoms with Crippen LogP contribution in [0.1, 0.15) is 28.4 Å². The van der Waals surface area contributed by atoms with Gasteiger partial charge in [-0.2, -0.15) is 11.3 Å². The zero-order valence-electron chi connectivity index (χ0n) is 13.3. The molecule has 5 heteroatoms. The van der Waals surface area contributed by atoms with Gasteiger partial charge in [0.1, 0.15) is 5.75 Å². The quantitative estimate of drug-likeness (QED) is 0.762. The topological polar surface area (TPSA) is 38.8 Å².